The first kappa shape index (κ1) is 20.6. The second kappa shape index (κ2) is 9.82. The van der Waals surface area contributed by atoms with Crippen LogP contribution in [0.15, 0.2) is 24.3 Å². The predicted octanol–water partition coefficient (Wildman–Crippen LogP) is 2.53. The van der Waals surface area contributed by atoms with E-state index in [1.165, 1.54) is 0 Å². The zero-order valence-corrected chi connectivity index (χ0v) is 16.4. The molecule has 0 radical (unpaired) electrons. The summed E-state index contributed by atoms with van der Waals surface area (Å²) < 4.78 is 5.04. The number of benzene rings is 1. The Labute approximate surface area is 160 Å². The summed E-state index contributed by atoms with van der Waals surface area (Å²) in [5.41, 5.74) is 7.96. The van der Waals surface area contributed by atoms with Gasteiger partial charge >= 0.3 is 5.97 Å². The van der Waals surface area contributed by atoms with E-state index in [9.17, 15) is 4.79 Å². The second-order valence-electron chi connectivity index (χ2n) is 6.37. The molecule has 8 heteroatoms. The van der Waals surface area contributed by atoms with E-state index in [0.717, 1.165) is 17.7 Å². The quantitative estimate of drug-likeness (QED) is 0.647. The fraction of sp³-hybridized carbons (Fsp3) is 0.474. The SMILES string of the molecule is CCOC(=O)CN(Cc1nc(N)nc(Nc2ccccc2CC)n1)C(C)C. The number of carbonyl (C=O) groups is 1. The lowest BCUT2D eigenvalue weighted by molar-refractivity contribution is -0.145. The lowest BCUT2D eigenvalue weighted by Crippen LogP contribution is -2.36. The second-order valence-corrected chi connectivity index (χ2v) is 6.37. The van der Waals surface area contributed by atoms with E-state index in [0.29, 0.717) is 24.9 Å². The molecule has 2 aromatic rings. The molecule has 27 heavy (non-hydrogen) atoms. The molecule has 8 nitrogen and oxygen atoms in total. The minimum atomic E-state index is -0.275. The first-order chi connectivity index (χ1) is 12.9. The summed E-state index contributed by atoms with van der Waals surface area (Å²) in [6.45, 7) is 8.76. The van der Waals surface area contributed by atoms with Crippen LogP contribution in [0.25, 0.3) is 0 Å². The minimum absolute atomic E-state index is 0.115. The van der Waals surface area contributed by atoms with Crippen molar-refractivity contribution in [3.63, 3.8) is 0 Å². The molecule has 0 fully saturated rings. The molecule has 1 heterocycles. The van der Waals surface area contributed by atoms with Crippen LogP contribution < -0.4 is 11.1 Å². The average molecular weight is 372 g/mol. The number of para-hydroxylation sites is 1. The van der Waals surface area contributed by atoms with Crippen molar-refractivity contribution in [2.45, 2.75) is 46.7 Å². The van der Waals surface area contributed by atoms with Crippen molar-refractivity contribution < 1.29 is 9.53 Å². The summed E-state index contributed by atoms with van der Waals surface area (Å²) in [4.78, 5) is 26.6. The van der Waals surface area contributed by atoms with Crippen molar-refractivity contribution >= 4 is 23.6 Å². The van der Waals surface area contributed by atoms with Crippen molar-refractivity contribution in [3.8, 4) is 0 Å². The number of aromatic nitrogens is 3. The molecule has 1 aromatic carbocycles. The van der Waals surface area contributed by atoms with Crippen LogP contribution in [0.2, 0.25) is 0 Å². The molecule has 0 aliphatic heterocycles. The summed E-state index contributed by atoms with van der Waals surface area (Å²) >= 11 is 0. The van der Waals surface area contributed by atoms with Crippen LogP contribution in [0.5, 0.6) is 0 Å². The molecule has 0 unspecified atom stereocenters. The standard InChI is InChI=1S/C19H28N6O2/c1-5-14-9-7-8-10-15(14)21-19-23-16(22-18(20)24-19)11-25(13(3)4)12-17(26)27-6-2/h7-10,13H,5-6,11-12H2,1-4H3,(H3,20,21,22,23,24). The molecular weight excluding hydrogens is 344 g/mol. The van der Waals surface area contributed by atoms with Gasteiger partial charge in [0, 0.05) is 11.7 Å². The van der Waals surface area contributed by atoms with Crippen LogP contribution in [-0.2, 0) is 22.5 Å². The zero-order valence-electron chi connectivity index (χ0n) is 16.4. The van der Waals surface area contributed by atoms with Crippen LogP contribution in [0.1, 0.15) is 39.1 Å². The summed E-state index contributed by atoms with van der Waals surface area (Å²) in [6.07, 6.45) is 0.886. The maximum atomic E-state index is 11.8. The number of anilines is 3. The van der Waals surface area contributed by atoms with E-state index < -0.39 is 0 Å². The maximum Gasteiger partial charge on any atom is 0.320 e. The number of nitrogens with one attached hydrogen (secondary N) is 1. The van der Waals surface area contributed by atoms with Gasteiger partial charge < -0.3 is 15.8 Å². The van der Waals surface area contributed by atoms with Gasteiger partial charge in [0.05, 0.1) is 19.7 Å². The highest BCUT2D eigenvalue weighted by atomic mass is 16.5. The number of nitrogens with zero attached hydrogens (tertiary/aromatic N) is 4. The maximum absolute atomic E-state index is 11.8. The number of aryl methyl sites for hydroxylation is 1. The van der Waals surface area contributed by atoms with Crippen molar-refractivity contribution in [1.29, 1.82) is 0 Å². The Morgan fingerprint density at radius 3 is 2.63 bits per heavy atom. The summed E-state index contributed by atoms with van der Waals surface area (Å²) in [7, 11) is 0. The average Bonchev–Trinajstić information content (AvgIpc) is 2.61. The van der Waals surface area contributed by atoms with Gasteiger partial charge in [-0.3, -0.25) is 9.69 Å². The highest BCUT2D eigenvalue weighted by Gasteiger charge is 2.18. The Kier molecular flexibility index (Phi) is 7.48. The predicted molar refractivity (Wildman–Crippen MR) is 106 cm³/mol. The molecule has 0 bridgehead atoms. The zero-order chi connectivity index (χ0) is 19.8. The number of nitrogen functional groups attached to an aromatic ring is 1. The third-order valence-corrected chi connectivity index (χ3v) is 4.06. The number of ether oxygens (including phenoxy) is 1. The normalized spacial score (nSPS) is 11.0. The number of rotatable bonds is 9. The van der Waals surface area contributed by atoms with Crippen LogP contribution >= 0.6 is 0 Å². The van der Waals surface area contributed by atoms with Crippen LogP contribution in [0.4, 0.5) is 17.6 Å². The van der Waals surface area contributed by atoms with Crippen molar-refractivity contribution in [2.24, 2.45) is 0 Å². The molecule has 0 spiro atoms. The molecule has 0 amide bonds. The van der Waals surface area contributed by atoms with E-state index in [2.05, 4.69) is 27.2 Å². The topological polar surface area (TPSA) is 106 Å². The fourth-order valence-electron chi connectivity index (χ4n) is 2.61. The van der Waals surface area contributed by atoms with Gasteiger partial charge in [-0.2, -0.15) is 15.0 Å². The largest absolute Gasteiger partial charge is 0.465 e. The molecule has 0 saturated carbocycles. The number of carbonyl (C=O) groups excluding carboxylic acids is 1. The summed E-state index contributed by atoms with van der Waals surface area (Å²) in [5.74, 6) is 0.745. The van der Waals surface area contributed by atoms with Crippen LogP contribution in [0.3, 0.4) is 0 Å². The fourth-order valence-corrected chi connectivity index (χ4v) is 2.61. The lowest BCUT2D eigenvalue weighted by Gasteiger charge is -2.24. The first-order valence-electron chi connectivity index (χ1n) is 9.17. The molecule has 1 aromatic heterocycles. The third kappa shape index (κ3) is 6.18. The van der Waals surface area contributed by atoms with E-state index >= 15 is 0 Å². The van der Waals surface area contributed by atoms with E-state index in [1.807, 2.05) is 43.0 Å². The third-order valence-electron chi connectivity index (χ3n) is 4.06. The van der Waals surface area contributed by atoms with Crippen molar-refractivity contribution in [2.75, 3.05) is 24.2 Å². The van der Waals surface area contributed by atoms with Crippen molar-refractivity contribution in [1.82, 2.24) is 19.9 Å². The van der Waals surface area contributed by atoms with Gasteiger partial charge in [-0.1, -0.05) is 25.1 Å². The lowest BCUT2D eigenvalue weighted by atomic mass is 10.1. The van der Waals surface area contributed by atoms with Crippen molar-refractivity contribution in [3.05, 3.63) is 35.7 Å². The van der Waals surface area contributed by atoms with Gasteiger partial charge in [0.25, 0.3) is 0 Å². The molecular formula is C19H28N6O2. The Hall–Kier alpha value is -2.74. The minimum Gasteiger partial charge on any atom is -0.465 e. The van der Waals surface area contributed by atoms with Gasteiger partial charge in [0.1, 0.15) is 5.82 Å². The van der Waals surface area contributed by atoms with Gasteiger partial charge in [-0.15, -0.1) is 0 Å². The van der Waals surface area contributed by atoms with Gasteiger partial charge in [0.2, 0.25) is 11.9 Å². The number of esters is 1. The molecule has 0 atom stereocenters. The van der Waals surface area contributed by atoms with Gasteiger partial charge in [-0.05, 0) is 38.8 Å². The van der Waals surface area contributed by atoms with Crippen LogP contribution in [-0.4, -0.2) is 45.0 Å². The van der Waals surface area contributed by atoms with Gasteiger partial charge in [0.15, 0.2) is 0 Å². The molecule has 0 aliphatic rings. The number of hydrogen-bond acceptors (Lipinski definition) is 8. The molecule has 3 N–H and O–H groups in total. The molecule has 146 valence electrons. The summed E-state index contributed by atoms with van der Waals surface area (Å²) in [6, 6.07) is 8.08. The van der Waals surface area contributed by atoms with Crippen LogP contribution in [0, 0.1) is 0 Å². The monoisotopic (exact) mass is 372 g/mol. The van der Waals surface area contributed by atoms with E-state index in [-0.39, 0.29) is 24.5 Å². The smallest absolute Gasteiger partial charge is 0.320 e. The molecule has 0 saturated heterocycles. The Morgan fingerprint density at radius 1 is 1.22 bits per heavy atom. The Morgan fingerprint density at radius 2 is 1.96 bits per heavy atom. The molecule has 2 rings (SSSR count). The highest BCUT2D eigenvalue weighted by molar-refractivity contribution is 5.71. The highest BCUT2D eigenvalue weighted by Crippen LogP contribution is 2.19. The number of nitrogens with two attached hydrogens (primary N) is 1. The Bertz CT molecular complexity index is 766. The number of hydrogen-bond donors (Lipinski definition) is 2. The first-order valence-corrected chi connectivity index (χ1v) is 9.17. The summed E-state index contributed by atoms with van der Waals surface area (Å²) in [5, 5.41) is 3.22. The molecule has 0 aliphatic carbocycles. The van der Waals surface area contributed by atoms with Gasteiger partial charge in [-0.25, -0.2) is 0 Å². The Balaban J connectivity index is 2.19. The van der Waals surface area contributed by atoms with E-state index in [1.54, 1.807) is 6.92 Å². The van der Waals surface area contributed by atoms with E-state index in [4.69, 9.17) is 10.5 Å².